The van der Waals surface area contributed by atoms with Crippen LogP contribution < -0.4 is 19.5 Å². The van der Waals surface area contributed by atoms with E-state index in [1.165, 1.54) is 0 Å². The van der Waals surface area contributed by atoms with Gasteiger partial charge in [0.25, 0.3) is 15.9 Å². The van der Waals surface area contributed by atoms with Gasteiger partial charge in [0.05, 0.1) is 25.2 Å². The van der Waals surface area contributed by atoms with Gasteiger partial charge in [-0.2, -0.15) is 0 Å². The first-order valence-corrected chi connectivity index (χ1v) is 11.4. The first kappa shape index (κ1) is 23.1. The molecule has 1 unspecified atom stereocenters. The van der Waals surface area contributed by atoms with Crippen molar-refractivity contribution in [1.82, 2.24) is 5.32 Å². The minimum absolute atomic E-state index is 0.175. The number of amides is 1. The molecule has 7 nitrogen and oxygen atoms in total. The van der Waals surface area contributed by atoms with Gasteiger partial charge in [-0.25, -0.2) is 8.42 Å². The van der Waals surface area contributed by atoms with Crippen LogP contribution in [0.25, 0.3) is 0 Å². The van der Waals surface area contributed by atoms with Crippen LogP contribution in [0, 0.1) is 6.92 Å². The zero-order valence-corrected chi connectivity index (χ0v) is 19.2. The fourth-order valence-electron chi connectivity index (χ4n) is 3.11. The lowest BCUT2D eigenvalue weighted by Gasteiger charge is -2.17. The highest BCUT2D eigenvalue weighted by molar-refractivity contribution is 7.92. The molecule has 1 atom stereocenters. The molecule has 3 aromatic carbocycles. The van der Waals surface area contributed by atoms with Crippen LogP contribution in [0.3, 0.4) is 0 Å². The first-order valence-electron chi connectivity index (χ1n) is 9.96. The van der Waals surface area contributed by atoms with Gasteiger partial charge in [0.15, 0.2) is 11.5 Å². The van der Waals surface area contributed by atoms with Gasteiger partial charge in [-0.15, -0.1) is 0 Å². The molecule has 0 radical (unpaired) electrons. The zero-order chi connectivity index (χ0) is 23.3. The standard InChI is InChI=1S/C24H26N2O5S/c1-16-5-12-21(13-6-16)32(28,29)26-20-10-7-18(8-11-20)24(27)25-17(2)19-9-14-22(30-3)23(15-19)31-4/h5-15,17,26H,1-4H3,(H,25,27). The number of sulfonamides is 1. The molecule has 0 saturated heterocycles. The van der Waals surface area contributed by atoms with E-state index in [1.54, 1.807) is 68.8 Å². The van der Waals surface area contributed by atoms with Gasteiger partial charge >= 0.3 is 0 Å². The van der Waals surface area contributed by atoms with E-state index in [0.717, 1.165) is 11.1 Å². The number of benzene rings is 3. The molecule has 3 aromatic rings. The summed E-state index contributed by atoms with van der Waals surface area (Å²) in [4.78, 5) is 12.8. The second-order valence-electron chi connectivity index (χ2n) is 7.31. The van der Waals surface area contributed by atoms with Crippen LogP contribution in [-0.4, -0.2) is 28.5 Å². The summed E-state index contributed by atoms with van der Waals surface area (Å²) in [5.41, 5.74) is 2.62. The molecule has 0 aliphatic heterocycles. The maximum absolute atomic E-state index is 12.7. The van der Waals surface area contributed by atoms with Crippen molar-refractivity contribution in [1.29, 1.82) is 0 Å². The molecule has 1 amide bonds. The molecule has 0 aliphatic rings. The molecule has 32 heavy (non-hydrogen) atoms. The number of nitrogens with one attached hydrogen (secondary N) is 2. The van der Waals surface area contributed by atoms with Crippen LogP contribution in [-0.2, 0) is 10.0 Å². The maximum atomic E-state index is 12.7. The topological polar surface area (TPSA) is 93.7 Å². The van der Waals surface area contributed by atoms with E-state index < -0.39 is 10.0 Å². The number of carbonyl (C=O) groups is 1. The van der Waals surface area contributed by atoms with Crippen molar-refractivity contribution >= 4 is 21.6 Å². The molecular weight excluding hydrogens is 428 g/mol. The Bertz CT molecular complexity index is 1190. The number of hydrogen-bond acceptors (Lipinski definition) is 5. The normalized spacial score (nSPS) is 12.0. The smallest absolute Gasteiger partial charge is 0.261 e. The summed E-state index contributed by atoms with van der Waals surface area (Å²) in [6.45, 7) is 3.75. The number of anilines is 1. The Kier molecular flexibility index (Phi) is 7.05. The average molecular weight is 455 g/mol. The molecule has 0 aliphatic carbocycles. The zero-order valence-electron chi connectivity index (χ0n) is 18.4. The van der Waals surface area contributed by atoms with Crippen LogP contribution in [0.5, 0.6) is 11.5 Å². The highest BCUT2D eigenvalue weighted by atomic mass is 32.2. The van der Waals surface area contributed by atoms with Crippen molar-refractivity contribution < 1.29 is 22.7 Å². The Hall–Kier alpha value is -3.52. The molecule has 0 aromatic heterocycles. The summed E-state index contributed by atoms with van der Waals surface area (Å²) in [6, 6.07) is 18.0. The van der Waals surface area contributed by atoms with Crippen LogP contribution in [0.2, 0.25) is 0 Å². The molecule has 0 saturated carbocycles. The van der Waals surface area contributed by atoms with Gasteiger partial charge in [-0.1, -0.05) is 23.8 Å². The van der Waals surface area contributed by atoms with Crippen LogP contribution in [0.15, 0.2) is 71.6 Å². The second-order valence-corrected chi connectivity index (χ2v) is 8.99. The predicted octanol–water partition coefficient (Wildman–Crippen LogP) is 4.30. The monoisotopic (exact) mass is 454 g/mol. The Balaban J connectivity index is 1.68. The van der Waals surface area contributed by atoms with Gasteiger partial charge in [0.1, 0.15) is 0 Å². The third-order valence-corrected chi connectivity index (χ3v) is 6.38. The SMILES string of the molecule is COc1ccc(C(C)NC(=O)c2ccc(NS(=O)(=O)c3ccc(C)cc3)cc2)cc1OC. The highest BCUT2D eigenvalue weighted by Crippen LogP contribution is 2.30. The van der Waals surface area contributed by atoms with Gasteiger partial charge < -0.3 is 14.8 Å². The van der Waals surface area contributed by atoms with Gasteiger partial charge in [0.2, 0.25) is 0 Å². The second kappa shape index (κ2) is 9.74. The van der Waals surface area contributed by atoms with Crippen LogP contribution in [0.4, 0.5) is 5.69 Å². The Morgan fingerprint density at radius 2 is 1.50 bits per heavy atom. The van der Waals surface area contributed by atoms with E-state index >= 15 is 0 Å². The summed E-state index contributed by atoms with van der Waals surface area (Å²) in [5.74, 6) is 0.912. The van der Waals surface area contributed by atoms with Crippen molar-refractivity contribution in [2.75, 3.05) is 18.9 Å². The predicted molar refractivity (Wildman–Crippen MR) is 124 cm³/mol. The van der Waals surface area contributed by atoms with E-state index in [2.05, 4.69) is 10.0 Å². The molecule has 0 bridgehead atoms. The summed E-state index contributed by atoms with van der Waals surface area (Å²) >= 11 is 0. The minimum atomic E-state index is -3.70. The minimum Gasteiger partial charge on any atom is -0.493 e. The molecular formula is C24H26N2O5S. The number of ether oxygens (including phenoxy) is 2. The molecule has 168 valence electrons. The van der Waals surface area contributed by atoms with Crippen molar-refractivity contribution in [3.63, 3.8) is 0 Å². The number of hydrogen-bond donors (Lipinski definition) is 2. The van der Waals surface area contributed by atoms with E-state index in [-0.39, 0.29) is 16.8 Å². The fourth-order valence-corrected chi connectivity index (χ4v) is 4.17. The summed E-state index contributed by atoms with van der Waals surface area (Å²) < 4.78 is 38.1. The molecule has 0 fully saturated rings. The third kappa shape index (κ3) is 5.39. The van der Waals surface area contributed by atoms with Crippen molar-refractivity contribution in [2.45, 2.75) is 24.8 Å². The Morgan fingerprint density at radius 1 is 0.875 bits per heavy atom. The number of rotatable bonds is 8. The van der Waals surface area contributed by atoms with Crippen LogP contribution in [0.1, 0.15) is 34.5 Å². The van der Waals surface area contributed by atoms with Crippen molar-refractivity contribution in [3.05, 3.63) is 83.4 Å². The molecule has 2 N–H and O–H groups in total. The van der Waals surface area contributed by atoms with E-state index in [4.69, 9.17) is 9.47 Å². The Morgan fingerprint density at radius 3 is 2.09 bits per heavy atom. The maximum Gasteiger partial charge on any atom is 0.261 e. The lowest BCUT2D eigenvalue weighted by Crippen LogP contribution is -2.26. The largest absolute Gasteiger partial charge is 0.493 e. The summed E-state index contributed by atoms with van der Waals surface area (Å²) in [5, 5.41) is 2.93. The lowest BCUT2D eigenvalue weighted by atomic mass is 10.1. The average Bonchev–Trinajstić information content (AvgIpc) is 2.79. The van der Waals surface area contributed by atoms with Crippen molar-refractivity contribution in [3.8, 4) is 11.5 Å². The number of methoxy groups -OCH3 is 2. The third-order valence-electron chi connectivity index (χ3n) is 4.99. The number of aryl methyl sites for hydroxylation is 1. The lowest BCUT2D eigenvalue weighted by molar-refractivity contribution is 0.0940. The number of carbonyl (C=O) groups excluding carboxylic acids is 1. The van der Waals surface area contributed by atoms with Gasteiger partial charge in [-0.05, 0) is 67.9 Å². The molecule has 0 heterocycles. The van der Waals surface area contributed by atoms with Crippen molar-refractivity contribution in [2.24, 2.45) is 0 Å². The fraction of sp³-hybridized carbons (Fsp3) is 0.208. The Labute approximate surface area is 188 Å². The quantitative estimate of drug-likeness (QED) is 0.529. The van der Waals surface area contributed by atoms with Crippen LogP contribution >= 0.6 is 0 Å². The molecule has 0 spiro atoms. The van der Waals surface area contributed by atoms with Gasteiger partial charge in [0, 0.05) is 11.3 Å². The highest BCUT2D eigenvalue weighted by Gasteiger charge is 2.16. The first-order chi connectivity index (χ1) is 15.2. The van der Waals surface area contributed by atoms with E-state index in [9.17, 15) is 13.2 Å². The summed E-state index contributed by atoms with van der Waals surface area (Å²) in [7, 11) is -0.585. The van der Waals surface area contributed by atoms with E-state index in [1.807, 2.05) is 26.0 Å². The molecule has 8 heteroatoms. The summed E-state index contributed by atoms with van der Waals surface area (Å²) in [6.07, 6.45) is 0. The van der Waals surface area contributed by atoms with E-state index in [0.29, 0.717) is 22.7 Å². The molecule has 3 rings (SSSR count). The van der Waals surface area contributed by atoms with Gasteiger partial charge in [-0.3, -0.25) is 9.52 Å².